The van der Waals surface area contributed by atoms with E-state index in [4.69, 9.17) is 4.74 Å². The van der Waals surface area contributed by atoms with Gasteiger partial charge in [0.05, 0.1) is 16.1 Å². The molecule has 0 fully saturated rings. The van der Waals surface area contributed by atoms with E-state index < -0.39 is 0 Å². The molecule has 0 amide bonds. The molecule has 0 atom stereocenters. The second kappa shape index (κ2) is 6.65. The second-order valence-corrected chi connectivity index (χ2v) is 5.13. The molecule has 1 aliphatic rings. The van der Waals surface area contributed by atoms with Crippen LogP contribution in [0.3, 0.4) is 0 Å². The molecule has 0 saturated carbocycles. The van der Waals surface area contributed by atoms with Crippen LogP contribution in [0.4, 0.5) is 5.95 Å². The Kier molecular flexibility index (Phi) is 4.89. The van der Waals surface area contributed by atoms with E-state index in [2.05, 4.69) is 27.2 Å². The van der Waals surface area contributed by atoms with E-state index in [9.17, 15) is 0 Å². The van der Waals surface area contributed by atoms with Crippen LogP contribution in [0, 0.1) is 0 Å². The van der Waals surface area contributed by atoms with Gasteiger partial charge in [-0.05, 0) is 13.3 Å². The van der Waals surface area contributed by atoms with Crippen LogP contribution in [0.15, 0.2) is 6.20 Å². The number of thiazole rings is 1. The van der Waals surface area contributed by atoms with Crippen LogP contribution in [0.2, 0.25) is 0 Å². The maximum absolute atomic E-state index is 5.66. The lowest BCUT2D eigenvalue weighted by atomic mass is 10.2. The largest absolute Gasteiger partial charge is 0.484 e. The van der Waals surface area contributed by atoms with E-state index in [1.807, 2.05) is 20.8 Å². The first-order chi connectivity index (χ1) is 9.81. The summed E-state index contributed by atoms with van der Waals surface area (Å²) in [5, 5.41) is 4.23. The van der Waals surface area contributed by atoms with Gasteiger partial charge in [-0.25, -0.2) is 15.0 Å². The van der Waals surface area contributed by atoms with E-state index in [0.29, 0.717) is 12.6 Å². The number of nitrogens with one attached hydrogen (secondary N) is 1. The van der Waals surface area contributed by atoms with Crippen molar-refractivity contribution in [2.45, 2.75) is 40.7 Å². The van der Waals surface area contributed by atoms with Crippen molar-refractivity contribution < 1.29 is 4.74 Å². The molecule has 1 aliphatic heterocycles. The molecule has 0 radical (unpaired) electrons. The molecule has 3 heterocycles. The summed E-state index contributed by atoms with van der Waals surface area (Å²) in [4.78, 5) is 14.5. The zero-order valence-electron chi connectivity index (χ0n) is 12.4. The Labute approximate surface area is 123 Å². The molecule has 0 saturated heterocycles. The van der Waals surface area contributed by atoms with Crippen molar-refractivity contribution in [3.8, 4) is 17.1 Å². The van der Waals surface area contributed by atoms with Gasteiger partial charge in [0.15, 0.2) is 5.75 Å². The Morgan fingerprint density at radius 1 is 1.25 bits per heavy atom. The number of hydrogen-bond acceptors (Lipinski definition) is 6. The number of fused-ring (bicyclic) bond motifs is 3. The van der Waals surface area contributed by atoms with Crippen molar-refractivity contribution >= 4 is 17.3 Å². The topological polar surface area (TPSA) is 59.9 Å². The highest BCUT2D eigenvalue weighted by molar-refractivity contribution is 7.12. The molecule has 5 nitrogen and oxygen atoms in total. The minimum Gasteiger partial charge on any atom is -0.484 e. The highest BCUT2D eigenvalue weighted by Gasteiger charge is 2.23. The van der Waals surface area contributed by atoms with Crippen molar-refractivity contribution in [2.75, 3.05) is 11.9 Å². The summed E-state index contributed by atoms with van der Waals surface area (Å²) in [6.07, 6.45) is 2.66. The van der Waals surface area contributed by atoms with Gasteiger partial charge in [-0.15, -0.1) is 11.3 Å². The summed E-state index contributed by atoms with van der Waals surface area (Å²) < 4.78 is 5.66. The van der Waals surface area contributed by atoms with Crippen molar-refractivity contribution in [2.24, 2.45) is 0 Å². The maximum atomic E-state index is 5.66. The van der Waals surface area contributed by atoms with Crippen molar-refractivity contribution in [3.05, 3.63) is 16.1 Å². The molecule has 0 aliphatic carbocycles. The normalized spacial score (nSPS) is 11.6. The van der Waals surface area contributed by atoms with Crippen LogP contribution in [0.25, 0.3) is 11.4 Å². The van der Waals surface area contributed by atoms with Gasteiger partial charge in [0.1, 0.15) is 18.0 Å². The molecule has 108 valence electrons. The van der Waals surface area contributed by atoms with E-state index in [1.54, 1.807) is 17.5 Å². The van der Waals surface area contributed by atoms with Crippen LogP contribution in [0.1, 0.15) is 37.6 Å². The number of hydrogen-bond donors (Lipinski definition) is 1. The predicted molar refractivity (Wildman–Crippen MR) is 82.4 cm³/mol. The first-order valence-electron chi connectivity index (χ1n) is 7.04. The van der Waals surface area contributed by atoms with Crippen LogP contribution >= 0.6 is 11.3 Å². The van der Waals surface area contributed by atoms with Crippen molar-refractivity contribution in [3.63, 3.8) is 0 Å². The molecule has 0 bridgehead atoms. The van der Waals surface area contributed by atoms with Gasteiger partial charge in [-0.1, -0.05) is 20.8 Å². The smallest absolute Gasteiger partial charge is 0.223 e. The standard InChI is InChI=1S/C12H14N4OS.C2H6/c1-3-9-15-11-8(18-9)6-17-7-5-14-12(13-4-2)16-10(7)11;1-2/h5H,3-4,6H2,1-2H3,(H,13,14,16);1-2H3. The first-order valence-corrected chi connectivity index (χ1v) is 7.86. The molecular formula is C14H20N4OS. The third-order valence-corrected chi connectivity index (χ3v) is 3.89. The quantitative estimate of drug-likeness (QED) is 0.938. The third-order valence-electron chi connectivity index (χ3n) is 2.72. The summed E-state index contributed by atoms with van der Waals surface area (Å²) in [6.45, 7) is 9.49. The number of anilines is 1. The number of rotatable bonds is 3. The number of aromatic nitrogens is 3. The lowest BCUT2D eigenvalue weighted by molar-refractivity contribution is 0.303. The first kappa shape index (κ1) is 14.7. The van der Waals surface area contributed by atoms with E-state index in [-0.39, 0.29) is 0 Å². The van der Waals surface area contributed by atoms with Crippen LogP contribution in [-0.2, 0) is 13.0 Å². The molecule has 0 unspecified atom stereocenters. The Balaban J connectivity index is 0.000000704. The van der Waals surface area contributed by atoms with E-state index in [0.717, 1.165) is 40.0 Å². The van der Waals surface area contributed by atoms with Gasteiger partial charge in [0, 0.05) is 6.54 Å². The van der Waals surface area contributed by atoms with Gasteiger partial charge in [0.25, 0.3) is 0 Å². The van der Waals surface area contributed by atoms with Crippen LogP contribution in [-0.4, -0.2) is 21.5 Å². The highest BCUT2D eigenvalue weighted by Crippen LogP contribution is 2.38. The fourth-order valence-corrected chi connectivity index (χ4v) is 2.79. The summed E-state index contributed by atoms with van der Waals surface area (Å²) in [5.41, 5.74) is 1.76. The van der Waals surface area contributed by atoms with Crippen LogP contribution in [0.5, 0.6) is 5.75 Å². The molecule has 0 aromatic carbocycles. The molecule has 3 rings (SSSR count). The second-order valence-electron chi connectivity index (χ2n) is 3.96. The van der Waals surface area contributed by atoms with Gasteiger partial charge in [-0.3, -0.25) is 0 Å². The molecule has 0 spiro atoms. The molecule has 2 aromatic heterocycles. The molecule has 1 N–H and O–H groups in total. The number of ether oxygens (including phenoxy) is 1. The Morgan fingerprint density at radius 2 is 2.05 bits per heavy atom. The maximum Gasteiger partial charge on any atom is 0.223 e. The third kappa shape index (κ3) is 2.75. The van der Waals surface area contributed by atoms with Gasteiger partial charge < -0.3 is 10.1 Å². The number of nitrogens with zero attached hydrogens (tertiary/aromatic N) is 3. The zero-order chi connectivity index (χ0) is 14.5. The van der Waals surface area contributed by atoms with Crippen molar-refractivity contribution in [1.82, 2.24) is 15.0 Å². The average molecular weight is 292 g/mol. The van der Waals surface area contributed by atoms with Gasteiger partial charge in [-0.2, -0.15) is 0 Å². The minimum atomic E-state index is 0.573. The number of aryl methyl sites for hydroxylation is 1. The molecule has 20 heavy (non-hydrogen) atoms. The molecule has 2 aromatic rings. The average Bonchev–Trinajstić information content (AvgIpc) is 2.93. The Hall–Kier alpha value is -1.69. The predicted octanol–water partition coefficient (Wildman–Crippen LogP) is 3.51. The summed E-state index contributed by atoms with van der Waals surface area (Å²) in [7, 11) is 0. The summed E-state index contributed by atoms with van der Waals surface area (Å²) >= 11 is 1.70. The fraction of sp³-hybridized carbons (Fsp3) is 0.500. The molecule has 6 heteroatoms. The lowest BCUT2D eigenvalue weighted by Crippen LogP contribution is -2.09. The molecular weight excluding hydrogens is 272 g/mol. The zero-order valence-corrected chi connectivity index (χ0v) is 13.2. The minimum absolute atomic E-state index is 0.573. The SMILES string of the molecule is CC.CCNc1ncc2c(n1)-c1nc(CC)sc1CO2. The van der Waals surface area contributed by atoms with Gasteiger partial charge >= 0.3 is 0 Å². The Morgan fingerprint density at radius 3 is 2.75 bits per heavy atom. The fourth-order valence-electron chi connectivity index (χ4n) is 1.87. The Bertz CT molecular complexity index is 583. The summed E-state index contributed by atoms with van der Waals surface area (Å²) in [6, 6.07) is 0. The monoisotopic (exact) mass is 292 g/mol. The lowest BCUT2D eigenvalue weighted by Gasteiger charge is -2.15. The summed E-state index contributed by atoms with van der Waals surface area (Å²) in [5.74, 6) is 1.34. The van der Waals surface area contributed by atoms with Gasteiger partial charge in [0.2, 0.25) is 5.95 Å². The van der Waals surface area contributed by atoms with Crippen LogP contribution < -0.4 is 10.1 Å². The van der Waals surface area contributed by atoms with E-state index in [1.165, 1.54) is 0 Å². The van der Waals surface area contributed by atoms with Crippen molar-refractivity contribution in [1.29, 1.82) is 0 Å². The van der Waals surface area contributed by atoms with E-state index >= 15 is 0 Å². The highest BCUT2D eigenvalue weighted by atomic mass is 32.1.